The minimum Gasteiger partial charge on any atom is -0.271 e. The Balaban J connectivity index is 2.10. The number of carbonyl (C=O) groups is 1. The molecule has 21 heavy (non-hydrogen) atoms. The van der Waals surface area contributed by atoms with Crippen molar-refractivity contribution in [2.75, 3.05) is 0 Å². The van der Waals surface area contributed by atoms with Crippen molar-refractivity contribution < 1.29 is 9.18 Å². The van der Waals surface area contributed by atoms with Gasteiger partial charge in [0.15, 0.2) is 5.69 Å². The number of hydrazone groups is 1. The van der Waals surface area contributed by atoms with Gasteiger partial charge in [-0.3, -0.25) is 9.48 Å². The van der Waals surface area contributed by atoms with Gasteiger partial charge in [0.05, 0.1) is 21.9 Å². The molecule has 0 saturated heterocycles. The lowest BCUT2D eigenvalue weighted by molar-refractivity contribution is 0.0948. The Morgan fingerprint density at radius 2 is 2.29 bits per heavy atom. The normalized spacial score (nSPS) is 11.3. The van der Waals surface area contributed by atoms with E-state index in [0.29, 0.717) is 16.7 Å². The summed E-state index contributed by atoms with van der Waals surface area (Å²) in [6.45, 7) is 4.22. The van der Waals surface area contributed by atoms with Crippen LogP contribution in [0.2, 0.25) is 0 Å². The number of hydrogen-bond acceptors (Lipinski definition) is 4. The largest absolute Gasteiger partial charge is 0.293 e. The fourth-order valence-corrected chi connectivity index (χ4v) is 2.21. The zero-order chi connectivity index (χ0) is 15.6. The Morgan fingerprint density at radius 1 is 1.57 bits per heavy atom. The van der Waals surface area contributed by atoms with E-state index in [1.807, 2.05) is 6.92 Å². The molecule has 2 aromatic heterocycles. The summed E-state index contributed by atoms with van der Waals surface area (Å²) < 4.78 is 17.0. The maximum absolute atomic E-state index is 13.7. The summed E-state index contributed by atoms with van der Waals surface area (Å²) in [5.74, 6) is -0.991. The molecule has 0 aliphatic heterocycles. The molecule has 112 valence electrons. The van der Waals surface area contributed by atoms with E-state index in [1.165, 1.54) is 13.3 Å². The van der Waals surface area contributed by atoms with Crippen molar-refractivity contribution in [3.63, 3.8) is 0 Å². The van der Waals surface area contributed by atoms with Crippen LogP contribution in [0.4, 0.5) is 4.39 Å². The Bertz CT molecular complexity index is 705. The highest BCUT2D eigenvalue weighted by Gasteiger charge is 2.15. The number of amides is 1. The first kappa shape index (κ1) is 15.4. The standard InChI is InChI=1S/C12H14BrFN6O/c1-4-20-6-9(13)10(18-20)12(21)16-15-5-8-7(2)17-19(3)11(8)14/h5-6H,4H2,1-3H3,(H,16,21)/b15-5+. The van der Waals surface area contributed by atoms with Crippen LogP contribution in [0, 0.1) is 12.9 Å². The molecular formula is C12H14BrFN6O. The molecule has 0 aliphatic carbocycles. The van der Waals surface area contributed by atoms with Crippen LogP contribution in [0.3, 0.4) is 0 Å². The predicted octanol–water partition coefficient (Wildman–Crippen LogP) is 1.61. The molecule has 0 saturated carbocycles. The van der Waals surface area contributed by atoms with Gasteiger partial charge in [0.1, 0.15) is 0 Å². The molecule has 0 spiro atoms. The second-order valence-corrected chi connectivity index (χ2v) is 5.15. The summed E-state index contributed by atoms with van der Waals surface area (Å²) in [6, 6.07) is 0. The molecule has 9 heteroatoms. The lowest BCUT2D eigenvalue weighted by Crippen LogP contribution is -2.19. The molecule has 2 rings (SSSR count). The molecule has 1 amide bonds. The van der Waals surface area contributed by atoms with Gasteiger partial charge < -0.3 is 0 Å². The van der Waals surface area contributed by atoms with Crippen LogP contribution in [0.1, 0.15) is 28.7 Å². The number of nitrogens with zero attached hydrogens (tertiary/aromatic N) is 5. The van der Waals surface area contributed by atoms with Gasteiger partial charge in [-0.25, -0.2) is 10.1 Å². The highest BCUT2D eigenvalue weighted by Crippen LogP contribution is 2.14. The second-order valence-electron chi connectivity index (χ2n) is 4.29. The zero-order valence-electron chi connectivity index (χ0n) is 11.8. The van der Waals surface area contributed by atoms with Crippen molar-refractivity contribution in [1.82, 2.24) is 25.0 Å². The monoisotopic (exact) mass is 356 g/mol. The highest BCUT2D eigenvalue weighted by molar-refractivity contribution is 9.10. The van der Waals surface area contributed by atoms with Crippen LogP contribution < -0.4 is 5.43 Å². The van der Waals surface area contributed by atoms with Gasteiger partial charge in [0, 0.05) is 19.8 Å². The molecule has 0 aromatic carbocycles. The van der Waals surface area contributed by atoms with Crippen LogP contribution in [0.15, 0.2) is 15.8 Å². The fourth-order valence-electron chi connectivity index (χ4n) is 1.71. The zero-order valence-corrected chi connectivity index (χ0v) is 13.3. The van der Waals surface area contributed by atoms with Crippen molar-refractivity contribution in [3.8, 4) is 0 Å². The van der Waals surface area contributed by atoms with E-state index >= 15 is 0 Å². The lowest BCUT2D eigenvalue weighted by Gasteiger charge is -1.96. The van der Waals surface area contributed by atoms with Crippen LogP contribution in [0.5, 0.6) is 0 Å². The van der Waals surface area contributed by atoms with Crippen LogP contribution in [0.25, 0.3) is 0 Å². The van der Waals surface area contributed by atoms with E-state index in [9.17, 15) is 9.18 Å². The SMILES string of the molecule is CCn1cc(Br)c(C(=O)N/N=C/c2c(C)nn(C)c2F)n1. The maximum atomic E-state index is 13.7. The molecule has 0 fully saturated rings. The number of nitrogens with one attached hydrogen (secondary N) is 1. The number of rotatable bonds is 4. The van der Waals surface area contributed by atoms with E-state index in [4.69, 9.17) is 0 Å². The van der Waals surface area contributed by atoms with E-state index < -0.39 is 11.9 Å². The first-order valence-corrected chi connectivity index (χ1v) is 6.98. The summed E-state index contributed by atoms with van der Waals surface area (Å²) in [4.78, 5) is 11.9. The van der Waals surface area contributed by atoms with E-state index in [2.05, 4.69) is 36.7 Å². The molecule has 1 N–H and O–H groups in total. The van der Waals surface area contributed by atoms with E-state index in [-0.39, 0.29) is 11.3 Å². The Hall–Kier alpha value is -2.03. The van der Waals surface area contributed by atoms with Gasteiger partial charge in [-0.2, -0.15) is 19.7 Å². The van der Waals surface area contributed by atoms with Crippen molar-refractivity contribution in [2.45, 2.75) is 20.4 Å². The molecule has 0 atom stereocenters. The molecule has 0 bridgehead atoms. The van der Waals surface area contributed by atoms with Crippen molar-refractivity contribution in [1.29, 1.82) is 0 Å². The molecule has 7 nitrogen and oxygen atoms in total. The van der Waals surface area contributed by atoms with Gasteiger partial charge in [0.25, 0.3) is 5.91 Å². The Kier molecular flexibility index (Phi) is 4.51. The molecular weight excluding hydrogens is 343 g/mol. The average Bonchev–Trinajstić information content (AvgIpc) is 2.93. The highest BCUT2D eigenvalue weighted by atomic mass is 79.9. The third-order valence-electron chi connectivity index (χ3n) is 2.81. The third kappa shape index (κ3) is 3.18. The maximum Gasteiger partial charge on any atom is 0.293 e. The summed E-state index contributed by atoms with van der Waals surface area (Å²) in [6.07, 6.45) is 2.92. The predicted molar refractivity (Wildman–Crippen MR) is 78.6 cm³/mol. The smallest absolute Gasteiger partial charge is 0.271 e. The molecule has 0 unspecified atom stereocenters. The lowest BCUT2D eigenvalue weighted by atomic mass is 10.3. The Morgan fingerprint density at radius 3 is 2.81 bits per heavy atom. The number of carbonyl (C=O) groups excluding carboxylic acids is 1. The second kappa shape index (κ2) is 6.17. The fraction of sp³-hybridized carbons (Fsp3) is 0.333. The van der Waals surface area contributed by atoms with Crippen molar-refractivity contribution in [2.24, 2.45) is 12.1 Å². The van der Waals surface area contributed by atoms with Gasteiger partial charge in [-0.05, 0) is 29.8 Å². The molecule has 2 heterocycles. The molecule has 0 aliphatic rings. The van der Waals surface area contributed by atoms with Gasteiger partial charge in [-0.15, -0.1) is 0 Å². The Labute approximate surface area is 129 Å². The first-order valence-electron chi connectivity index (χ1n) is 6.19. The molecule has 2 aromatic rings. The third-order valence-corrected chi connectivity index (χ3v) is 3.39. The van der Waals surface area contributed by atoms with Crippen LogP contribution in [-0.4, -0.2) is 31.7 Å². The van der Waals surface area contributed by atoms with Gasteiger partial charge >= 0.3 is 0 Å². The van der Waals surface area contributed by atoms with Gasteiger partial charge in [0.2, 0.25) is 5.95 Å². The van der Waals surface area contributed by atoms with Crippen LogP contribution in [-0.2, 0) is 13.6 Å². The van der Waals surface area contributed by atoms with Gasteiger partial charge in [-0.1, -0.05) is 0 Å². The minimum absolute atomic E-state index is 0.220. The number of aromatic nitrogens is 4. The van der Waals surface area contributed by atoms with Crippen molar-refractivity contribution in [3.05, 3.63) is 33.6 Å². The quantitative estimate of drug-likeness (QED) is 0.667. The number of hydrogen-bond donors (Lipinski definition) is 1. The summed E-state index contributed by atoms with van der Waals surface area (Å²) >= 11 is 3.25. The minimum atomic E-state index is -0.512. The molecule has 0 radical (unpaired) electrons. The summed E-state index contributed by atoms with van der Waals surface area (Å²) in [7, 11) is 1.49. The van der Waals surface area contributed by atoms with E-state index in [1.54, 1.807) is 17.8 Å². The number of halogens is 2. The topological polar surface area (TPSA) is 77.1 Å². The van der Waals surface area contributed by atoms with Crippen LogP contribution >= 0.6 is 15.9 Å². The average molecular weight is 357 g/mol. The summed E-state index contributed by atoms with van der Waals surface area (Å²) in [5, 5.41) is 11.7. The first-order chi connectivity index (χ1) is 9.93. The van der Waals surface area contributed by atoms with E-state index in [0.717, 1.165) is 4.68 Å². The van der Waals surface area contributed by atoms with Crippen molar-refractivity contribution >= 4 is 28.1 Å². The number of aryl methyl sites for hydroxylation is 3. The summed E-state index contributed by atoms with van der Waals surface area (Å²) in [5.41, 5.74) is 3.25.